The minimum absolute atomic E-state index is 0.0840. The van der Waals surface area contributed by atoms with Crippen LogP contribution in [0.2, 0.25) is 0 Å². The topological polar surface area (TPSA) is 29.1 Å². The number of rotatable bonds is 2. The molecule has 0 spiro atoms. The number of benzene rings is 3. The number of anilines is 1. The number of carbonyl (C=O) groups is 1. The first kappa shape index (κ1) is 15.3. The van der Waals surface area contributed by atoms with E-state index in [1.807, 2.05) is 54.6 Å². The molecule has 1 amide bonds. The van der Waals surface area contributed by atoms with Gasteiger partial charge in [-0.05, 0) is 46.0 Å². The molecule has 0 atom stereocenters. The monoisotopic (exact) mass is 303 g/mol. The summed E-state index contributed by atoms with van der Waals surface area (Å²) < 4.78 is 0. The summed E-state index contributed by atoms with van der Waals surface area (Å²) in [7, 11) is 0. The molecule has 3 aromatic carbocycles. The van der Waals surface area contributed by atoms with Crippen molar-refractivity contribution in [1.29, 1.82) is 0 Å². The van der Waals surface area contributed by atoms with Gasteiger partial charge in [0.25, 0.3) is 5.91 Å². The van der Waals surface area contributed by atoms with Crippen molar-refractivity contribution < 1.29 is 4.79 Å². The highest BCUT2D eigenvalue weighted by molar-refractivity contribution is 6.06. The van der Waals surface area contributed by atoms with Crippen molar-refractivity contribution in [3.63, 3.8) is 0 Å². The van der Waals surface area contributed by atoms with E-state index >= 15 is 0 Å². The summed E-state index contributed by atoms with van der Waals surface area (Å²) in [4.78, 5) is 12.4. The van der Waals surface area contributed by atoms with Gasteiger partial charge in [-0.1, -0.05) is 63.2 Å². The number of carbonyl (C=O) groups excluding carboxylic acids is 1. The fourth-order valence-corrected chi connectivity index (χ4v) is 2.59. The van der Waals surface area contributed by atoms with Crippen LogP contribution in [0.4, 0.5) is 5.69 Å². The van der Waals surface area contributed by atoms with Crippen molar-refractivity contribution in [2.24, 2.45) is 0 Å². The zero-order valence-corrected chi connectivity index (χ0v) is 13.8. The standard InChI is InChI=1S/C21H21NO/c1-21(2,3)18-10-12-19(13-11-18)22-20(23)17-9-8-15-6-4-5-7-16(15)14-17/h4-14H,1-3H3,(H,22,23). The van der Waals surface area contributed by atoms with E-state index in [0.717, 1.165) is 16.5 Å². The number of hydrogen-bond donors (Lipinski definition) is 1. The van der Waals surface area contributed by atoms with E-state index in [2.05, 4.69) is 38.2 Å². The Labute approximate surface area is 137 Å². The summed E-state index contributed by atoms with van der Waals surface area (Å²) in [6.45, 7) is 6.53. The summed E-state index contributed by atoms with van der Waals surface area (Å²) in [6, 6.07) is 21.9. The molecule has 0 aromatic heterocycles. The van der Waals surface area contributed by atoms with Crippen molar-refractivity contribution in [3.8, 4) is 0 Å². The molecule has 0 saturated heterocycles. The normalized spacial score (nSPS) is 11.4. The highest BCUT2D eigenvalue weighted by Gasteiger charge is 2.13. The van der Waals surface area contributed by atoms with Crippen LogP contribution in [0.5, 0.6) is 0 Å². The maximum Gasteiger partial charge on any atom is 0.255 e. The first-order valence-electron chi connectivity index (χ1n) is 7.84. The molecule has 23 heavy (non-hydrogen) atoms. The van der Waals surface area contributed by atoms with Gasteiger partial charge in [0, 0.05) is 11.3 Å². The SMILES string of the molecule is CC(C)(C)c1ccc(NC(=O)c2ccc3ccccc3c2)cc1. The van der Waals surface area contributed by atoms with Gasteiger partial charge >= 0.3 is 0 Å². The minimum atomic E-state index is -0.0840. The van der Waals surface area contributed by atoms with Gasteiger partial charge in [0.15, 0.2) is 0 Å². The van der Waals surface area contributed by atoms with Gasteiger partial charge < -0.3 is 5.32 Å². The lowest BCUT2D eigenvalue weighted by Gasteiger charge is -2.19. The van der Waals surface area contributed by atoms with Crippen LogP contribution in [-0.2, 0) is 5.41 Å². The van der Waals surface area contributed by atoms with Crippen molar-refractivity contribution in [2.45, 2.75) is 26.2 Å². The summed E-state index contributed by atoms with van der Waals surface area (Å²) >= 11 is 0. The Balaban J connectivity index is 1.80. The molecule has 0 saturated carbocycles. The second-order valence-electron chi connectivity index (χ2n) is 6.84. The van der Waals surface area contributed by atoms with Crippen LogP contribution in [0, 0.1) is 0 Å². The van der Waals surface area contributed by atoms with Crippen molar-refractivity contribution in [3.05, 3.63) is 77.9 Å². The molecule has 1 N–H and O–H groups in total. The van der Waals surface area contributed by atoms with Gasteiger partial charge in [0.1, 0.15) is 0 Å². The lowest BCUT2D eigenvalue weighted by atomic mass is 9.87. The lowest BCUT2D eigenvalue weighted by molar-refractivity contribution is 0.102. The molecule has 0 fully saturated rings. The Bertz CT molecular complexity index is 842. The lowest BCUT2D eigenvalue weighted by Crippen LogP contribution is -2.13. The van der Waals surface area contributed by atoms with Crippen LogP contribution >= 0.6 is 0 Å². The van der Waals surface area contributed by atoms with Gasteiger partial charge in [-0.3, -0.25) is 4.79 Å². The van der Waals surface area contributed by atoms with E-state index in [1.165, 1.54) is 5.56 Å². The second-order valence-corrected chi connectivity index (χ2v) is 6.84. The summed E-state index contributed by atoms with van der Waals surface area (Å²) in [5.41, 5.74) is 2.85. The maximum atomic E-state index is 12.4. The van der Waals surface area contributed by atoms with E-state index in [-0.39, 0.29) is 11.3 Å². The van der Waals surface area contributed by atoms with E-state index < -0.39 is 0 Å². The molecule has 0 aliphatic carbocycles. The molecule has 116 valence electrons. The number of nitrogens with one attached hydrogen (secondary N) is 1. The summed E-state index contributed by atoms with van der Waals surface area (Å²) in [6.07, 6.45) is 0. The fraction of sp³-hybridized carbons (Fsp3) is 0.190. The third-order valence-electron chi connectivity index (χ3n) is 4.02. The van der Waals surface area contributed by atoms with Crippen LogP contribution in [0.15, 0.2) is 66.7 Å². The van der Waals surface area contributed by atoms with Crippen LogP contribution in [0.25, 0.3) is 10.8 Å². The Hall–Kier alpha value is -2.61. The Morgan fingerprint density at radius 1 is 0.826 bits per heavy atom. The molecular formula is C21H21NO. The number of amides is 1. The third-order valence-corrected chi connectivity index (χ3v) is 4.02. The predicted molar refractivity (Wildman–Crippen MR) is 97.0 cm³/mol. The Kier molecular flexibility index (Phi) is 3.91. The average Bonchev–Trinajstić information content (AvgIpc) is 2.54. The molecule has 3 rings (SSSR count). The zero-order chi connectivity index (χ0) is 16.4. The van der Waals surface area contributed by atoms with Gasteiger partial charge in [-0.25, -0.2) is 0 Å². The van der Waals surface area contributed by atoms with Crippen LogP contribution < -0.4 is 5.32 Å². The highest BCUT2D eigenvalue weighted by Crippen LogP contribution is 2.24. The molecule has 2 heteroatoms. The molecule has 0 heterocycles. The van der Waals surface area contributed by atoms with E-state index in [9.17, 15) is 4.79 Å². The summed E-state index contributed by atoms with van der Waals surface area (Å²) in [5, 5.41) is 5.17. The first-order chi connectivity index (χ1) is 10.9. The van der Waals surface area contributed by atoms with Crippen molar-refractivity contribution in [1.82, 2.24) is 0 Å². The third kappa shape index (κ3) is 3.42. The average molecular weight is 303 g/mol. The molecule has 0 aliphatic rings. The summed E-state index contributed by atoms with van der Waals surface area (Å²) in [5.74, 6) is -0.0840. The van der Waals surface area contributed by atoms with Gasteiger partial charge in [0.05, 0.1) is 0 Å². The maximum absolute atomic E-state index is 12.4. The van der Waals surface area contributed by atoms with Crippen molar-refractivity contribution in [2.75, 3.05) is 5.32 Å². The largest absolute Gasteiger partial charge is 0.322 e. The predicted octanol–water partition coefficient (Wildman–Crippen LogP) is 5.39. The van der Waals surface area contributed by atoms with Crippen LogP contribution in [0.1, 0.15) is 36.7 Å². The van der Waals surface area contributed by atoms with Crippen molar-refractivity contribution >= 4 is 22.4 Å². The molecule has 2 nitrogen and oxygen atoms in total. The highest BCUT2D eigenvalue weighted by atomic mass is 16.1. The van der Waals surface area contributed by atoms with E-state index in [4.69, 9.17) is 0 Å². The molecule has 0 aliphatic heterocycles. The molecular weight excluding hydrogens is 282 g/mol. The molecule has 0 unspecified atom stereocenters. The van der Waals surface area contributed by atoms with Crippen LogP contribution in [-0.4, -0.2) is 5.91 Å². The molecule has 3 aromatic rings. The second kappa shape index (κ2) is 5.88. The zero-order valence-electron chi connectivity index (χ0n) is 13.8. The fourth-order valence-electron chi connectivity index (χ4n) is 2.59. The van der Waals surface area contributed by atoms with Gasteiger partial charge in [-0.15, -0.1) is 0 Å². The van der Waals surface area contributed by atoms with E-state index in [0.29, 0.717) is 5.56 Å². The van der Waals surface area contributed by atoms with Gasteiger partial charge in [-0.2, -0.15) is 0 Å². The molecule has 0 radical (unpaired) electrons. The molecule has 0 bridgehead atoms. The van der Waals surface area contributed by atoms with Crippen LogP contribution in [0.3, 0.4) is 0 Å². The number of fused-ring (bicyclic) bond motifs is 1. The number of hydrogen-bond acceptors (Lipinski definition) is 1. The quantitative estimate of drug-likeness (QED) is 0.675. The minimum Gasteiger partial charge on any atom is -0.322 e. The van der Waals surface area contributed by atoms with E-state index in [1.54, 1.807) is 0 Å². The Morgan fingerprint density at radius 3 is 2.13 bits per heavy atom. The Morgan fingerprint density at radius 2 is 1.48 bits per heavy atom. The smallest absolute Gasteiger partial charge is 0.255 e. The van der Waals surface area contributed by atoms with Gasteiger partial charge in [0.2, 0.25) is 0 Å². The first-order valence-corrected chi connectivity index (χ1v) is 7.84.